The Labute approximate surface area is 133 Å². The van der Waals surface area contributed by atoms with Crippen LogP contribution in [-0.2, 0) is 6.42 Å². The minimum Gasteiger partial charge on any atom is -0.469 e. The average molecular weight is 354 g/mol. The number of furan rings is 1. The van der Waals surface area contributed by atoms with Crippen LogP contribution in [0.15, 0.2) is 56.4 Å². The Balaban J connectivity index is 1.89. The maximum atomic E-state index is 5.46. The number of rotatable bonds is 8. The topological polar surface area (TPSA) is 25.2 Å². The maximum absolute atomic E-state index is 5.46. The predicted octanol–water partition coefficient (Wildman–Crippen LogP) is 4.75. The molecule has 0 fully saturated rings. The zero-order valence-corrected chi connectivity index (χ0v) is 14.0. The summed E-state index contributed by atoms with van der Waals surface area (Å²) in [4.78, 5) is 1.29. The fourth-order valence-corrected chi connectivity index (χ4v) is 3.53. The fourth-order valence-electron chi connectivity index (χ4n) is 1.96. The summed E-state index contributed by atoms with van der Waals surface area (Å²) in [5.74, 6) is 2.09. The molecule has 0 radical (unpaired) electrons. The van der Waals surface area contributed by atoms with Crippen molar-refractivity contribution >= 4 is 27.7 Å². The molecule has 0 aliphatic carbocycles. The van der Waals surface area contributed by atoms with Gasteiger partial charge < -0.3 is 9.73 Å². The van der Waals surface area contributed by atoms with Crippen LogP contribution < -0.4 is 5.32 Å². The molecule has 1 heterocycles. The monoisotopic (exact) mass is 353 g/mol. The second-order valence-electron chi connectivity index (χ2n) is 4.70. The molecule has 0 bridgehead atoms. The van der Waals surface area contributed by atoms with Gasteiger partial charge in [-0.15, -0.1) is 11.8 Å². The quantitative estimate of drug-likeness (QED) is 0.693. The van der Waals surface area contributed by atoms with E-state index in [0.717, 1.165) is 35.4 Å². The van der Waals surface area contributed by atoms with Gasteiger partial charge in [0.25, 0.3) is 0 Å². The lowest BCUT2D eigenvalue weighted by atomic mass is 10.2. The van der Waals surface area contributed by atoms with Crippen molar-refractivity contribution in [3.63, 3.8) is 0 Å². The highest BCUT2D eigenvalue weighted by Crippen LogP contribution is 2.23. The molecule has 1 atom stereocenters. The van der Waals surface area contributed by atoms with Crippen molar-refractivity contribution in [1.82, 2.24) is 5.32 Å². The zero-order chi connectivity index (χ0) is 14.2. The second-order valence-corrected chi connectivity index (χ2v) is 6.71. The van der Waals surface area contributed by atoms with Gasteiger partial charge in [0.15, 0.2) is 0 Å². The Morgan fingerprint density at radius 1 is 1.30 bits per heavy atom. The van der Waals surface area contributed by atoms with Gasteiger partial charge in [0.05, 0.1) is 6.26 Å². The van der Waals surface area contributed by atoms with Crippen LogP contribution in [0.1, 0.15) is 19.1 Å². The molecule has 0 amide bonds. The van der Waals surface area contributed by atoms with E-state index in [4.69, 9.17) is 4.42 Å². The predicted molar refractivity (Wildman–Crippen MR) is 89.4 cm³/mol. The first-order chi connectivity index (χ1) is 9.78. The molecule has 0 saturated carbocycles. The van der Waals surface area contributed by atoms with Crippen molar-refractivity contribution in [1.29, 1.82) is 0 Å². The van der Waals surface area contributed by atoms with Gasteiger partial charge in [0.1, 0.15) is 5.76 Å². The van der Waals surface area contributed by atoms with Crippen LogP contribution >= 0.6 is 27.7 Å². The van der Waals surface area contributed by atoms with E-state index >= 15 is 0 Å². The Hall–Kier alpha value is -0.710. The van der Waals surface area contributed by atoms with Gasteiger partial charge in [0.2, 0.25) is 0 Å². The van der Waals surface area contributed by atoms with E-state index in [9.17, 15) is 0 Å². The van der Waals surface area contributed by atoms with Crippen LogP contribution in [0.2, 0.25) is 0 Å². The highest BCUT2D eigenvalue weighted by Gasteiger charge is 2.11. The van der Waals surface area contributed by atoms with Crippen molar-refractivity contribution < 1.29 is 4.42 Å². The van der Waals surface area contributed by atoms with Crippen LogP contribution in [0.3, 0.4) is 0 Å². The molecule has 1 aromatic carbocycles. The van der Waals surface area contributed by atoms with Crippen molar-refractivity contribution in [2.75, 3.05) is 12.3 Å². The standard InChI is InChI=1S/C16H20BrNOS/c1-2-8-18-14(11-15-6-4-9-19-15)12-20-16-7-3-5-13(17)10-16/h3-7,9-10,14,18H,2,8,11-12H2,1H3. The smallest absolute Gasteiger partial charge is 0.105 e. The van der Waals surface area contributed by atoms with Crippen molar-refractivity contribution in [2.24, 2.45) is 0 Å². The highest BCUT2D eigenvalue weighted by atomic mass is 79.9. The first-order valence-electron chi connectivity index (χ1n) is 6.92. The van der Waals surface area contributed by atoms with Crippen LogP contribution in [-0.4, -0.2) is 18.3 Å². The SMILES string of the molecule is CCCNC(CSc1cccc(Br)c1)Cc1ccco1. The van der Waals surface area contributed by atoms with Crippen LogP contribution in [0.5, 0.6) is 0 Å². The summed E-state index contributed by atoms with van der Waals surface area (Å²) in [6, 6.07) is 12.9. The largest absolute Gasteiger partial charge is 0.469 e. The Morgan fingerprint density at radius 3 is 2.90 bits per heavy atom. The van der Waals surface area contributed by atoms with Gasteiger partial charge in [-0.05, 0) is 43.3 Å². The lowest BCUT2D eigenvalue weighted by molar-refractivity contribution is 0.460. The summed E-state index contributed by atoms with van der Waals surface area (Å²) in [6.45, 7) is 3.24. The number of hydrogen-bond donors (Lipinski definition) is 1. The normalized spacial score (nSPS) is 12.5. The molecule has 0 spiro atoms. The lowest BCUT2D eigenvalue weighted by Gasteiger charge is -2.17. The summed E-state index contributed by atoms with van der Waals surface area (Å²) in [7, 11) is 0. The number of halogens is 1. The van der Waals surface area contributed by atoms with Gasteiger partial charge in [0, 0.05) is 27.6 Å². The Kier molecular flexibility index (Phi) is 6.70. The van der Waals surface area contributed by atoms with Gasteiger partial charge in [-0.1, -0.05) is 28.9 Å². The summed E-state index contributed by atoms with van der Waals surface area (Å²) in [5.41, 5.74) is 0. The van der Waals surface area contributed by atoms with E-state index in [1.807, 2.05) is 23.9 Å². The lowest BCUT2D eigenvalue weighted by Crippen LogP contribution is -2.33. The molecule has 20 heavy (non-hydrogen) atoms. The molecule has 2 aromatic rings. The van der Waals surface area contributed by atoms with E-state index in [0.29, 0.717) is 6.04 Å². The first kappa shape index (κ1) is 15.7. The van der Waals surface area contributed by atoms with Crippen LogP contribution in [0.4, 0.5) is 0 Å². The number of hydrogen-bond acceptors (Lipinski definition) is 3. The molecule has 108 valence electrons. The molecule has 4 heteroatoms. The molecule has 0 aliphatic heterocycles. The van der Waals surface area contributed by atoms with E-state index in [-0.39, 0.29) is 0 Å². The molecule has 0 saturated heterocycles. The van der Waals surface area contributed by atoms with E-state index < -0.39 is 0 Å². The second kappa shape index (κ2) is 8.55. The summed E-state index contributed by atoms with van der Waals surface area (Å²) >= 11 is 5.40. The molecular formula is C16H20BrNOS. The molecule has 0 aliphatic rings. The maximum Gasteiger partial charge on any atom is 0.105 e. The van der Waals surface area contributed by atoms with E-state index in [1.165, 1.54) is 4.90 Å². The molecule has 1 N–H and O–H groups in total. The summed E-state index contributed by atoms with van der Waals surface area (Å²) < 4.78 is 6.59. The van der Waals surface area contributed by atoms with Crippen molar-refractivity contribution in [3.8, 4) is 0 Å². The number of thioether (sulfide) groups is 1. The minimum absolute atomic E-state index is 0.435. The highest BCUT2D eigenvalue weighted by molar-refractivity contribution is 9.10. The van der Waals surface area contributed by atoms with Crippen molar-refractivity contribution in [3.05, 3.63) is 52.9 Å². The summed E-state index contributed by atoms with van der Waals surface area (Å²) in [6.07, 6.45) is 3.83. The van der Waals surface area contributed by atoms with Gasteiger partial charge in [-0.3, -0.25) is 0 Å². The van der Waals surface area contributed by atoms with Gasteiger partial charge in [-0.25, -0.2) is 0 Å². The van der Waals surface area contributed by atoms with Gasteiger partial charge in [-0.2, -0.15) is 0 Å². The minimum atomic E-state index is 0.435. The number of nitrogens with one attached hydrogen (secondary N) is 1. The molecule has 1 aromatic heterocycles. The third-order valence-corrected chi connectivity index (χ3v) is 4.61. The van der Waals surface area contributed by atoms with Gasteiger partial charge >= 0.3 is 0 Å². The third kappa shape index (κ3) is 5.35. The Bertz CT molecular complexity index is 501. The average Bonchev–Trinajstić information content (AvgIpc) is 2.95. The van der Waals surface area contributed by atoms with Crippen LogP contribution in [0.25, 0.3) is 0 Å². The first-order valence-corrected chi connectivity index (χ1v) is 8.70. The van der Waals surface area contributed by atoms with E-state index in [2.05, 4.69) is 52.4 Å². The molecular weight excluding hydrogens is 334 g/mol. The fraction of sp³-hybridized carbons (Fsp3) is 0.375. The third-order valence-electron chi connectivity index (χ3n) is 2.96. The molecule has 2 nitrogen and oxygen atoms in total. The van der Waals surface area contributed by atoms with Crippen molar-refractivity contribution in [2.45, 2.75) is 30.7 Å². The zero-order valence-electron chi connectivity index (χ0n) is 11.6. The Morgan fingerprint density at radius 2 is 2.20 bits per heavy atom. The van der Waals surface area contributed by atoms with Crippen LogP contribution in [0, 0.1) is 0 Å². The molecule has 1 unspecified atom stereocenters. The summed E-state index contributed by atoms with van der Waals surface area (Å²) in [5, 5.41) is 3.60. The number of benzene rings is 1. The van der Waals surface area contributed by atoms with E-state index in [1.54, 1.807) is 6.26 Å². The molecule has 2 rings (SSSR count).